The molecule has 0 saturated carbocycles. The Hall–Kier alpha value is -1.88. The molecule has 0 aliphatic carbocycles. The fourth-order valence-electron chi connectivity index (χ4n) is 2.20. The largest absolute Gasteiger partial charge is 0.396 e. The smallest absolute Gasteiger partial charge is 0.309 e. The van der Waals surface area contributed by atoms with Gasteiger partial charge in [-0.15, -0.1) is 0 Å². The quantitative estimate of drug-likeness (QED) is 0.698. The van der Waals surface area contributed by atoms with Gasteiger partial charge in [-0.05, 0) is 45.1 Å². The number of benzene rings is 1. The first-order chi connectivity index (χ1) is 10.3. The van der Waals surface area contributed by atoms with Gasteiger partial charge in [-0.1, -0.05) is 30.3 Å². The first kappa shape index (κ1) is 18.2. The van der Waals surface area contributed by atoms with Gasteiger partial charge in [0.05, 0.1) is 0 Å². The van der Waals surface area contributed by atoms with Crippen molar-refractivity contribution in [2.75, 3.05) is 13.2 Å². The van der Waals surface area contributed by atoms with Crippen LogP contribution >= 0.6 is 0 Å². The van der Waals surface area contributed by atoms with Gasteiger partial charge in [-0.2, -0.15) is 0 Å². The molecular formula is C17H26N2O3. The highest BCUT2D eigenvalue weighted by Gasteiger charge is 2.20. The van der Waals surface area contributed by atoms with E-state index in [1.807, 2.05) is 51.1 Å². The van der Waals surface area contributed by atoms with E-state index in [-0.39, 0.29) is 12.5 Å². The highest BCUT2D eigenvalue weighted by molar-refractivity contribution is 6.35. The lowest BCUT2D eigenvalue weighted by atomic mass is 9.93. The number of aliphatic hydroxyl groups is 1. The summed E-state index contributed by atoms with van der Waals surface area (Å²) in [4.78, 5) is 23.4. The molecule has 22 heavy (non-hydrogen) atoms. The Morgan fingerprint density at radius 3 is 2.27 bits per heavy atom. The maximum Gasteiger partial charge on any atom is 0.309 e. The maximum atomic E-state index is 11.7. The summed E-state index contributed by atoms with van der Waals surface area (Å²) in [6.45, 7) is 5.97. The number of amides is 2. The molecule has 1 unspecified atom stereocenters. The Kier molecular flexibility index (Phi) is 7.05. The number of carbonyl (C=O) groups is 2. The first-order valence-electron chi connectivity index (χ1n) is 7.59. The first-order valence-corrected chi connectivity index (χ1v) is 7.59. The van der Waals surface area contributed by atoms with E-state index in [0.717, 1.165) is 5.56 Å². The molecule has 5 heteroatoms. The molecule has 0 aromatic heterocycles. The molecular weight excluding hydrogens is 280 g/mol. The van der Waals surface area contributed by atoms with Gasteiger partial charge in [0, 0.05) is 18.7 Å². The number of rotatable bonds is 6. The molecule has 2 amide bonds. The van der Waals surface area contributed by atoms with E-state index in [2.05, 4.69) is 10.6 Å². The Morgan fingerprint density at radius 1 is 1.09 bits per heavy atom. The SMILES string of the molecule is CC(C)(C)NC(=O)C(=O)NCCC(CCO)c1ccccc1. The third-order valence-electron chi connectivity index (χ3n) is 3.22. The molecule has 122 valence electrons. The van der Waals surface area contributed by atoms with Gasteiger partial charge in [-0.3, -0.25) is 9.59 Å². The van der Waals surface area contributed by atoms with Crippen LogP contribution in [0, 0.1) is 0 Å². The van der Waals surface area contributed by atoms with E-state index >= 15 is 0 Å². The Bertz CT molecular complexity index is 480. The average Bonchev–Trinajstić information content (AvgIpc) is 2.45. The lowest BCUT2D eigenvalue weighted by Gasteiger charge is -2.20. The van der Waals surface area contributed by atoms with Crippen molar-refractivity contribution in [3.05, 3.63) is 35.9 Å². The molecule has 1 aromatic carbocycles. The van der Waals surface area contributed by atoms with Crippen molar-refractivity contribution in [2.45, 2.75) is 45.1 Å². The van der Waals surface area contributed by atoms with Crippen molar-refractivity contribution in [1.82, 2.24) is 10.6 Å². The van der Waals surface area contributed by atoms with Crippen LogP contribution in [0.15, 0.2) is 30.3 Å². The van der Waals surface area contributed by atoms with Crippen molar-refractivity contribution in [1.29, 1.82) is 0 Å². The van der Waals surface area contributed by atoms with Gasteiger partial charge in [0.25, 0.3) is 0 Å². The van der Waals surface area contributed by atoms with Crippen LogP contribution in [-0.2, 0) is 9.59 Å². The van der Waals surface area contributed by atoms with Crippen molar-refractivity contribution in [3.8, 4) is 0 Å². The minimum Gasteiger partial charge on any atom is -0.396 e. The summed E-state index contributed by atoms with van der Waals surface area (Å²) >= 11 is 0. The molecule has 0 saturated heterocycles. The summed E-state index contributed by atoms with van der Waals surface area (Å²) in [5.41, 5.74) is 0.697. The molecule has 0 aliphatic heterocycles. The zero-order valence-electron chi connectivity index (χ0n) is 13.6. The number of aliphatic hydroxyl groups excluding tert-OH is 1. The standard InChI is InChI=1S/C17H26N2O3/c1-17(2,3)19-16(22)15(21)18-11-9-14(10-12-20)13-7-5-4-6-8-13/h4-8,14,20H,9-12H2,1-3H3,(H,18,21)(H,19,22). The predicted octanol–water partition coefficient (Wildman–Crippen LogP) is 1.57. The number of nitrogens with one attached hydrogen (secondary N) is 2. The molecule has 5 nitrogen and oxygen atoms in total. The van der Waals surface area contributed by atoms with Gasteiger partial charge in [0.1, 0.15) is 0 Å². The van der Waals surface area contributed by atoms with E-state index in [4.69, 9.17) is 0 Å². The van der Waals surface area contributed by atoms with Gasteiger partial charge >= 0.3 is 11.8 Å². The monoisotopic (exact) mass is 306 g/mol. The number of carbonyl (C=O) groups excluding carboxylic acids is 2. The summed E-state index contributed by atoms with van der Waals surface area (Å²) < 4.78 is 0. The molecule has 1 atom stereocenters. The van der Waals surface area contributed by atoms with E-state index in [9.17, 15) is 14.7 Å². The third-order valence-corrected chi connectivity index (χ3v) is 3.22. The van der Waals surface area contributed by atoms with Crippen LogP contribution in [0.5, 0.6) is 0 Å². The summed E-state index contributed by atoms with van der Waals surface area (Å²) in [5.74, 6) is -1.08. The van der Waals surface area contributed by atoms with Crippen LogP contribution in [0.4, 0.5) is 0 Å². The predicted molar refractivity (Wildman–Crippen MR) is 86.4 cm³/mol. The lowest BCUT2D eigenvalue weighted by molar-refractivity contribution is -0.140. The van der Waals surface area contributed by atoms with Crippen molar-refractivity contribution < 1.29 is 14.7 Å². The van der Waals surface area contributed by atoms with Gasteiger partial charge in [-0.25, -0.2) is 0 Å². The molecule has 1 rings (SSSR count). The van der Waals surface area contributed by atoms with Crippen LogP contribution < -0.4 is 10.6 Å². The van der Waals surface area contributed by atoms with Gasteiger partial charge in [0.2, 0.25) is 0 Å². The number of hydrogen-bond donors (Lipinski definition) is 3. The second-order valence-corrected chi connectivity index (χ2v) is 6.37. The Balaban J connectivity index is 2.46. The molecule has 3 N–H and O–H groups in total. The second-order valence-electron chi connectivity index (χ2n) is 6.37. The molecule has 1 aromatic rings. The molecule has 0 heterocycles. The summed E-state index contributed by atoms with van der Waals surface area (Å²) in [7, 11) is 0. The molecule has 0 bridgehead atoms. The fourth-order valence-corrected chi connectivity index (χ4v) is 2.20. The zero-order valence-corrected chi connectivity index (χ0v) is 13.6. The van der Waals surface area contributed by atoms with E-state index in [1.165, 1.54) is 0 Å². The summed E-state index contributed by atoms with van der Waals surface area (Å²) in [6, 6.07) is 9.87. The normalized spacial score (nSPS) is 12.5. The fraction of sp³-hybridized carbons (Fsp3) is 0.529. The Morgan fingerprint density at radius 2 is 1.73 bits per heavy atom. The molecule has 0 fully saturated rings. The minimum atomic E-state index is -0.620. The second kappa shape index (κ2) is 8.54. The minimum absolute atomic E-state index is 0.0953. The molecule has 0 radical (unpaired) electrons. The van der Waals surface area contributed by atoms with E-state index < -0.39 is 17.4 Å². The van der Waals surface area contributed by atoms with Crippen LogP contribution in [0.25, 0.3) is 0 Å². The average molecular weight is 306 g/mol. The molecule has 0 spiro atoms. The third kappa shape index (κ3) is 6.72. The van der Waals surface area contributed by atoms with Crippen LogP contribution in [0.3, 0.4) is 0 Å². The van der Waals surface area contributed by atoms with Gasteiger partial charge in [0.15, 0.2) is 0 Å². The summed E-state index contributed by atoms with van der Waals surface area (Å²) in [5, 5.41) is 14.4. The van der Waals surface area contributed by atoms with Crippen molar-refractivity contribution >= 4 is 11.8 Å². The zero-order chi connectivity index (χ0) is 16.6. The van der Waals surface area contributed by atoms with Gasteiger partial charge < -0.3 is 15.7 Å². The highest BCUT2D eigenvalue weighted by Crippen LogP contribution is 2.22. The number of hydrogen-bond acceptors (Lipinski definition) is 3. The van der Waals surface area contributed by atoms with Crippen molar-refractivity contribution in [3.63, 3.8) is 0 Å². The lowest BCUT2D eigenvalue weighted by Crippen LogP contribution is -2.48. The van der Waals surface area contributed by atoms with E-state index in [0.29, 0.717) is 19.4 Å². The molecule has 0 aliphatic rings. The van der Waals surface area contributed by atoms with Crippen LogP contribution in [-0.4, -0.2) is 35.6 Å². The van der Waals surface area contributed by atoms with E-state index in [1.54, 1.807) is 0 Å². The van der Waals surface area contributed by atoms with Crippen molar-refractivity contribution in [2.24, 2.45) is 0 Å². The Labute approximate surface area is 132 Å². The highest BCUT2D eigenvalue weighted by atomic mass is 16.3. The topological polar surface area (TPSA) is 78.4 Å². The van der Waals surface area contributed by atoms with Crippen LogP contribution in [0.2, 0.25) is 0 Å². The summed E-state index contributed by atoms with van der Waals surface area (Å²) in [6.07, 6.45) is 1.31. The van der Waals surface area contributed by atoms with Crippen LogP contribution in [0.1, 0.15) is 45.1 Å². The maximum absolute atomic E-state index is 11.7.